The average molecular weight is 251 g/mol. The fraction of sp³-hybridized carbons (Fsp3) is 0.250. The summed E-state index contributed by atoms with van der Waals surface area (Å²) in [6.07, 6.45) is 0. The van der Waals surface area contributed by atoms with E-state index in [1.165, 1.54) is 0 Å². The molecule has 1 unspecified atom stereocenters. The van der Waals surface area contributed by atoms with E-state index < -0.39 is 6.04 Å². The van der Waals surface area contributed by atoms with Crippen molar-refractivity contribution in [2.24, 2.45) is 5.73 Å². The lowest BCUT2D eigenvalue weighted by molar-refractivity contribution is 0.268. The number of halogens is 2. The Morgan fingerprint density at radius 1 is 1.58 bits per heavy atom. The van der Waals surface area contributed by atoms with E-state index in [1.807, 2.05) is 12.1 Å². The second-order valence-corrected chi connectivity index (χ2v) is 3.66. The van der Waals surface area contributed by atoms with Crippen LogP contribution in [0.4, 0.5) is 0 Å². The molecule has 1 aromatic rings. The van der Waals surface area contributed by atoms with Crippen molar-refractivity contribution in [1.29, 1.82) is 0 Å². The summed E-state index contributed by atoms with van der Waals surface area (Å²) in [5, 5.41) is 9.37. The predicted octanol–water partition coefficient (Wildman–Crippen LogP) is 2.09. The molecule has 0 aliphatic carbocycles. The number of benzene rings is 1. The molecule has 0 aliphatic rings. The van der Waals surface area contributed by atoms with E-state index in [0.29, 0.717) is 5.02 Å². The van der Waals surface area contributed by atoms with Crippen molar-refractivity contribution in [3.8, 4) is 0 Å². The SMILES string of the molecule is NC(CO)c1cccc(Br)c1Cl. The summed E-state index contributed by atoms with van der Waals surface area (Å²) in [5.74, 6) is 0. The molecular weight excluding hydrogens is 241 g/mol. The van der Waals surface area contributed by atoms with Crippen LogP contribution in [0.15, 0.2) is 22.7 Å². The average Bonchev–Trinajstić information content (AvgIpc) is 2.08. The Labute approximate surface area is 84.5 Å². The molecule has 0 aromatic heterocycles. The fourth-order valence-electron chi connectivity index (χ4n) is 0.905. The molecule has 0 saturated heterocycles. The highest BCUT2D eigenvalue weighted by Crippen LogP contribution is 2.28. The second-order valence-electron chi connectivity index (χ2n) is 2.43. The molecular formula is C8H9BrClNO. The summed E-state index contributed by atoms with van der Waals surface area (Å²) in [4.78, 5) is 0. The molecule has 0 fully saturated rings. The maximum atomic E-state index is 8.80. The van der Waals surface area contributed by atoms with Gasteiger partial charge in [0.05, 0.1) is 17.7 Å². The Hall–Kier alpha value is -0.0900. The minimum atomic E-state index is -0.407. The summed E-state index contributed by atoms with van der Waals surface area (Å²) in [7, 11) is 0. The summed E-state index contributed by atoms with van der Waals surface area (Å²) in [5.41, 5.74) is 6.37. The van der Waals surface area contributed by atoms with Crippen LogP contribution in [0.2, 0.25) is 5.02 Å². The summed E-state index contributed by atoms with van der Waals surface area (Å²) in [6.45, 7) is -0.101. The molecule has 0 heterocycles. The molecule has 0 aliphatic heterocycles. The quantitative estimate of drug-likeness (QED) is 0.844. The molecule has 2 nitrogen and oxygen atoms in total. The van der Waals surface area contributed by atoms with Crippen LogP contribution in [0.5, 0.6) is 0 Å². The molecule has 0 bridgehead atoms. The molecule has 3 N–H and O–H groups in total. The summed E-state index contributed by atoms with van der Waals surface area (Å²) >= 11 is 9.20. The van der Waals surface area contributed by atoms with E-state index in [9.17, 15) is 0 Å². The highest BCUT2D eigenvalue weighted by molar-refractivity contribution is 9.10. The van der Waals surface area contributed by atoms with Gasteiger partial charge in [0.25, 0.3) is 0 Å². The molecule has 4 heteroatoms. The zero-order valence-electron chi connectivity index (χ0n) is 6.30. The van der Waals surface area contributed by atoms with Gasteiger partial charge in [-0.3, -0.25) is 0 Å². The van der Waals surface area contributed by atoms with E-state index in [0.717, 1.165) is 10.0 Å². The van der Waals surface area contributed by atoms with Crippen molar-refractivity contribution in [3.63, 3.8) is 0 Å². The number of hydrogen-bond donors (Lipinski definition) is 2. The van der Waals surface area contributed by atoms with Crippen molar-refractivity contribution >= 4 is 27.5 Å². The largest absolute Gasteiger partial charge is 0.394 e. The Morgan fingerprint density at radius 2 is 2.25 bits per heavy atom. The first kappa shape index (κ1) is 9.99. The van der Waals surface area contributed by atoms with Crippen LogP contribution in [0.1, 0.15) is 11.6 Å². The van der Waals surface area contributed by atoms with E-state index in [2.05, 4.69) is 15.9 Å². The third kappa shape index (κ3) is 1.98. The standard InChI is InChI=1S/C8H9BrClNO/c9-6-3-1-2-5(8(6)10)7(11)4-12/h1-3,7,12H,4,11H2. The Balaban J connectivity index is 3.07. The highest BCUT2D eigenvalue weighted by atomic mass is 79.9. The van der Waals surface area contributed by atoms with Gasteiger partial charge in [-0.2, -0.15) is 0 Å². The van der Waals surface area contributed by atoms with Gasteiger partial charge in [-0.05, 0) is 27.6 Å². The number of rotatable bonds is 2. The molecule has 0 amide bonds. The third-order valence-electron chi connectivity index (χ3n) is 1.58. The van der Waals surface area contributed by atoms with E-state index in [4.69, 9.17) is 22.4 Å². The van der Waals surface area contributed by atoms with Crippen molar-refractivity contribution in [3.05, 3.63) is 33.3 Å². The second kappa shape index (κ2) is 4.23. The van der Waals surface area contributed by atoms with Crippen molar-refractivity contribution in [2.45, 2.75) is 6.04 Å². The number of aliphatic hydroxyl groups excluding tert-OH is 1. The molecule has 1 atom stereocenters. The van der Waals surface area contributed by atoms with Crippen LogP contribution in [0, 0.1) is 0 Å². The van der Waals surface area contributed by atoms with Gasteiger partial charge in [-0.15, -0.1) is 0 Å². The first-order valence-electron chi connectivity index (χ1n) is 3.47. The highest BCUT2D eigenvalue weighted by Gasteiger charge is 2.10. The van der Waals surface area contributed by atoms with Crippen LogP contribution in [0.3, 0.4) is 0 Å². The minimum Gasteiger partial charge on any atom is -0.394 e. The molecule has 12 heavy (non-hydrogen) atoms. The van der Waals surface area contributed by atoms with Gasteiger partial charge < -0.3 is 10.8 Å². The Morgan fingerprint density at radius 3 is 2.83 bits per heavy atom. The molecule has 1 rings (SSSR count). The lowest BCUT2D eigenvalue weighted by atomic mass is 10.1. The van der Waals surface area contributed by atoms with Crippen LogP contribution in [-0.2, 0) is 0 Å². The van der Waals surface area contributed by atoms with Crippen LogP contribution in [0.25, 0.3) is 0 Å². The zero-order valence-corrected chi connectivity index (χ0v) is 8.64. The van der Waals surface area contributed by atoms with E-state index in [-0.39, 0.29) is 6.61 Å². The van der Waals surface area contributed by atoms with Crippen molar-refractivity contribution in [2.75, 3.05) is 6.61 Å². The van der Waals surface area contributed by atoms with Gasteiger partial charge in [-0.1, -0.05) is 23.7 Å². The Kier molecular flexibility index (Phi) is 3.53. The van der Waals surface area contributed by atoms with Gasteiger partial charge in [0.2, 0.25) is 0 Å². The monoisotopic (exact) mass is 249 g/mol. The van der Waals surface area contributed by atoms with Crippen LogP contribution < -0.4 is 5.73 Å². The molecule has 0 spiro atoms. The molecule has 0 radical (unpaired) electrons. The summed E-state index contributed by atoms with van der Waals surface area (Å²) in [6, 6.07) is 5.06. The smallest absolute Gasteiger partial charge is 0.0624 e. The maximum Gasteiger partial charge on any atom is 0.0624 e. The Bertz CT molecular complexity index is 280. The summed E-state index contributed by atoms with van der Waals surface area (Å²) < 4.78 is 0.797. The minimum absolute atomic E-state index is 0.101. The first-order valence-corrected chi connectivity index (χ1v) is 4.64. The fourth-order valence-corrected chi connectivity index (χ4v) is 1.55. The van der Waals surface area contributed by atoms with Gasteiger partial charge in [0, 0.05) is 4.47 Å². The van der Waals surface area contributed by atoms with Gasteiger partial charge in [0.15, 0.2) is 0 Å². The molecule has 0 saturated carbocycles. The van der Waals surface area contributed by atoms with Crippen LogP contribution in [-0.4, -0.2) is 11.7 Å². The van der Waals surface area contributed by atoms with Gasteiger partial charge in [0.1, 0.15) is 0 Å². The van der Waals surface area contributed by atoms with E-state index >= 15 is 0 Å². The lowest BCUT2D eigenvalue weighted by Crippen LogP contribution is -2.14. The molecule has 1 aromatic carbocycles. The number of hydrogen-bond acceptors (Lipinski definition) is 2. The predicted molar refractivity (Wildman–Crippen MR) is 53.2 cm³/mol. The van der Waals surface area contributed by atoms with E-state index in [1.54, 1.807) is 6.07 Å². The zero-order chi connectivity index (χ0) is 9.14. The number of aliphatic hydroxyl groups is 1. The van der Waals surface area contributed by atoms with Crippen LogP contribution >= 0.6 is 27.5 Å². The molecule has 66 valence electrons. The van der Waals surface area contributed by atoms with Gasteiger partial charge >= 0.3 is 0 Å². The maximum absolute atomic E-state index is 8.80. The first-order chi connectivity index (χ1) is 5.66. The van der Waals surface area contributed by atoms with Crippen molar-refractivity contribution in [1.82, 2.24) is 0 Å². The van der Waals surface area contributed by atoms with Crippen molar-refractivity contribution < 1.29 is 5.11 Å². The van der Waals surface area contributed by atoms with Gasteiger partial charge in [-0.25, -0.2) is 0 Å². The number of nitrogens with two attached hydrogens (primary N) is 1. The topological polar surface area (TPSA) is 46.2 Å². The normalized spacial score (nSPS) is 13.0. The third-order valence-corrected chi connectivity index (χ3v) is 2.89. The lowest BCUT2D eigenvalue weighted by Gasteiger charge is -2.10.